The lowest BCUT2D eigenvalue weighted by molar-refractivity contribution is 0.209. The molecular formula is C11H20N2S. The van der Waals surface area contributed by atoms with E-state index >= 15 is 0 Å². The minimum absolute atomic E-state index is 0.285. The molecule has 1 N–H and O–H groups in total. The van der Waals surface area contributed by atoms with E-state index in [0.29, 0.717) is 5.92 Å². The van der Waals surface area contributed by atoms with Crippen LogP contribution >= 0.6 is 12.2 Å². The Morgan fingerprint density at radius 3 is 2.43 bits per heavy atom. The van der Waals surface area contributed by atoms with Gasteiger partial charge in [-0.05, 0) is 30.5 Å². The van der Waals surface area contributed by atoms with E-state index in [1.54, 1.807) is 0 Å². The van der Waals surface area contributed by atoms with Crippen molar-refractivity contribution in [1.82, 2.24) is 9.55 Å². The molecular weight excluding hydrogens is 192 g/mol. The molecule has 0 aromatic carbocycles. The van der Waals surface area contributed by atoms with E-state index in [1.807, 2.05) is 6.92 Å². The van der Waals surface area contributed by atoms with Gasteiger partial charge in [0.15, 0.2) is 4.77 Å². The topological polar surface area (TPSA) is 20.7 Å². The molecule has 0 atom stereocenters. The van der Waals surface area contributed by atoms with Gasteiger partial charge in [0.2, 0.25) is 0 Å². The van der Waals surface area contributed by atoms with Crippen molar-refractivity contribution in [3.05, 3.63) is 16.7 Å². The Hall–Kier alpha value is -0.570. The van der Waals surface area contributed by atoms with Gasteiger partial charge in [-0.15, -0.1) is 0 Å². The van der Waals surface area contributed by atoms with Crippen molar-refractivity contribution in [2.75, 3.05) is 0 Å². The SMILES string of the molecule is Cc1cn(CC(C)(C)C(C)C)c(=S)[nH]1. The van der Waals surface area contributed by atoms with Gasteiger partial charge in [0.05, 0.1) is 0 Å². The second-order valence-corrected chi connectivity index (χ2v) is 5.40. The number of rotatable bonds is 3. The van der Waals surface area contributed by atoms with Gasteiger partial charge in [-0.2, -0.15) is 0 Å². The van der Waals surface area contributed by atoms with Crippen molar-refractivity contribution in [2.45, 2.75) is 41.2 Å². The minimum Gasteiger partial charge on any atom is -0.335 e. The molecule has 0 fully saturated rings. The highest BCUT2D eigenvalue weighted by Crippen LogP contribution is 2.28. The summed E-state index contributed by atoms with van der Waals surface area (Å²) < 4.78 is 2.96. The largest absolute Gasteiger partial charge is 0.335 e. The van der Waals surface area contributed by atoms with Crippen molar-refractivity contribution in [3.8, 4) is 0 Å². The average molecular weight is 212 g/mol. The minimum atomic E-state index is 0.285. The first-order valence-corrected chi connectivity index (χ1v) is 5.50. The lowest BCUT2D eigenvalue weighted by atomic mass is 9.81. The molecule has 0 saturated carbocycles. The van der Waals surface area contributed by atoms with Crippen LogP contribution in [0.15, 0.2) is 6.20 Å². The summed E-state index contributed by atoms with van der Waals surface area (Å²) in [5.41, 5.74) is 1.42. The van der Waals surface area contributed by atoms with Gasteiger partial charge in [-0.1, -0.05) is 27.7 Å². The number of aryl methyl sites for hydroxylation is 1. The monoisotopic (exact) mass is 212 g/mol. The van der Waals surface area contributed by atoms with Crippen LogP contribution in [-0.4, -0.2) is 9.55 Å². The predicted molar refractivity (Wildman–Crippen MR) is 63.0 cm³/mol. The van der Waals surface area contributed by atoms with Crippen molar-refractivity contribution < 1.29 is 0 Å². The molecule has 0 unspecified atom stereocenters. The second kappa shape index (κ2) is 3.89. The normalized spacial score (nSPS) is 12.4. The number of aromatic amines is 1. The lowest BCUT2D eigenvalue weighted by Gasteiger charge is -2.29. The first-order valence-electron chi connectivity index (χ1n) is 5.09. The quantitative estimate of drug-likeness (QED) is 0.760. The molecule has 0 aliphatic rings. The van der Waals surface area contributed by atoms with E-state index in [2.05, 4.69) is 43.4 Å². The van der Waals surface area contributed by atoms with Gasteiger partial charge >= 0.3 is 0 Å². The zero-order chi connectivity index (χ0) is 10.9. The Kier molecular flexibility index (Phi) is 3.20. The third kappa shape index (κ3) is 2.47. The number of nitrogens with one attached hydrogen (secondary N) is 1. The molecule has 0 bridgehead atoms. The fourth-order valence-electron chi connectivity index (χ4n) is 1.30. The van der Waals surface area contributed by atoms with Crippen LogP contribution in [0.2, 0.25) is 0 Å². The van der Waals surface area contributed by atoms with Gasteiger partial charge in [-0.25, -0.2) is 0 Å². The fraction of sp³-hybridized carbons (Fsp3) is 0.727. The fourth-order valence-corrected chi connectivity index (χ4v) is 1.58. The third-order valence-electron chi connectivity index (χ3n) is 3.06. The molecule has 1 heterocycles. The van der Waals surface area contributed by atoms with E-state index in [9.17, 15) is 0 Å². The summed E-state index contributed by atoms with van der Waals surface area (Å²) in [4.78, 5) is 3.15. The maximum Gasteiger partial charge on any atom is 0.177 e. The van der Waals surface area contributed by atoms with Gasteiger partial charge in [0.25, 0.3) is 0 Å². The number of H-pyrrole nitrogens is 1. The third-order valence-corrected chi connectivity index (χ3v) is 3.39. The van der Waals surface area contributed by atoms with E-state index in [1.165, 1.54) is 0 Å². The molecule has 0 aliphatic carbocycles. The Labute approximate surface area is 91.3 Å². The summed E-state index contributed by atoms with van der Waals surface area (Å²) in [6.07, 6.45) is 2.09. The molecule has 14 heavy (non-hydrogen) atoms. The molecule has 0 amide bonds. The summed E-state index contributed by atoms with van der Waals surface area (Å²) in [7, 11) is 0. The highest BCUT2D eigenvalue weighted by molar-refractivity contribution is 7.71. The molecule has 1 aromatic heterocycles. The molecule has 2 nitrogen and oxygen atoms in total. The molecule has 0 saturated heterocycles. The Bertz CT molecular complexity index is 358. The first kappa shape index (κ1) is 11.5. The van der Waals surface area contributed by atoms with Gasteiger partial charge < -0.3 is 9.55 Å². The van der Waals surface area contributed by atoms with Crippen molar-refractivity contribution >= 4 is 12.2 Å². The molecule has 80 valence electrons. The molecule has 1 aromatic rings. The smallest absolute Gasteiger partial charge is 0.177 e. The van der Waals surface area contributed by atoms with E-state index < -0.39 is 0 Å². The zero-order valence-corrected chi connectivity index (χ0v) is 10.5. The predicted octanol–water partition coefficient (Wildman–Crippen LogP) is 3.54. The number of nitrogens with zero attached hydrogens (tertiary/aromatic N) is 1. The standard InChI is InChI=1S/C11H20N2S/c1-8(2)11(4,5)7-13-6-9(3)12-10(13)14/h6,8H,7H2,1-5H3,(H,12,14). The zero-order valence-electron chi connectivity index (χ0n) is 9.72. The number of aromatic nitrogens is 2. The molecule has 0 aliphatic heterocycles. The van der Waals surface area contributed by atoms with Crippen LogP contribution < -0.4 is 0 Å². The highest BCUT2D eigenvalue weighted by Gasteiger charge is 2.23. The van der Waals surface area contributed by atoms with E-state index in [4.69, 9.17) is 12.2 Å². The Balaban J connectivity index is 2.89. The van der Waals surface area contributed by atoms with Gasteiger partial charge in [-0.3, -0.25) is 0 Å². The van der Waals surface area contributed by atoms with Crippen molar-refractivity contribution in [2.24, 2.45) is 11.3 Å². The van der Waals surface area contributed by atoms with Crippen LogP contribution in [0.5, 0.6) is 0 Å². The summed E-state index contributed by atoms with van der Waals surface area (Å²) in [6.45, 7) is 12.1. The lowest BCUT2D eigenvalue weighted by Crippen LogP contribution is -2.25. The highest BCUT2D eigenvalue weighted by atomic mass is 32.1. The van der Waals surface area contributed by atoms with Crippen LogP contribution in [0.4, 0.5) is 0 Å². The Morgan fingerprint density at radius 1 is 1.50 bits per heavy atom. The summed E-state index contributed by atoms with van der Waals surface area (Å²) in [5.74, 6) is 0.652. The summed E-state index contributed by atoms with van der Waals surface area (Å²) >= 11 is 5.23. The number of hydrogen-bond acceptors (Lipinski definition) is 1. The van der Waals surface area contributed by atoms with E-state index in [0.717, 1.165) is 17.0 Å². The number of imidazole rings is 1. The van der Waals surface area contributed by atoms with E-state index in [-0.39, 0.29) is 5.41 Å². The maximum atomic E-state index is 5.23. The van der Waals surface area contributed by atoms with Crippen LogP contribution in [-0.2, 0) is 6.54 Å². The second-order valence-electron chi connectivity index (χ2n) is 5.01. The molecule has 1 rings (SSSR count). The van der Waals surface area contributed by atoms with Gasteiger partial charge in [0.1, 0.15) is 0 Å². The maximum absolute atomic E-state index is 5.23. The van der Waals surface area contributed by atoms with Crippen LogP contribution in [0.1, 0.15) is 33.4 Å². The number of hydrogen-bond donors (Lipinski definition) is 1. The van der Waals surface area contributed by atoms with Crippen LogP contribution in [0.3, 0.4) is 0 Å². The Morgan fingerprint density at radius 2 is 2.07 bits per heavy atom. The summed E-state index contributed by atoms with van der Waals surface area (Å²) in [6, 6.07) is 0. The van der Waals surface area contributed by atoms with Crippen molar-refractivity contribution in [1.29, 1.82) is 0 Å². The van der Waals surface area contributed by atoms with Crippen LogP contribution in [0.25, 0.3) is 0 Å². The molecule has 0 radical (unpaired) electrons. The first-order chi connectivity index (χ1) is 6.33. The molecule has 3 heteroatoms. The average Bonchev–Trinajstić information content (AvgIpc) is 2.29. The molecule has 0 spiro atoms. The van der Waals surface area contributed by atoms with Gasteiger partial charge in [0, 0.05) is 18.4 Å². The summed E-state index contributed by atoms with van der Waals surface area (Å²) in [5, 5.41) is 0. The van der Waals surface area contributed by atoms with Crippen LogP contribution in [0, 0.1) is 23.0 Å². The van der Waals surface area contributed by atoms with Crippen molar-refractivity contribution in [3.63, 3.8) is 0 Å².